The molecule has 0 spiro atoms. The SMILES string of the molecule is CC(=O)O[C@H]1CC(=O)OC(C)(C)[C@@H]2C[C@@H](OC(C)=O)[C@@]3(C)C4=CC[C@@H](C(CO)CC=O)[C@]4(C)CC[C@@H]3[C@@]12C. The van der Waals surface area contributed by atoms with Gasteiger partial charge in [-0.2, -0.15) is 0 Å². The van der Waals surface area contributed by atoms with Crippen molar-refractivity contribution in [1.82, 2.24) is 0 Å². The number of cyclic esters (lactones) is 1. The summed E-state index contributed by atoms with van der Waals surface area (Å²) >= 11 is 0. The maximum absolute atomic E-state index is 13.0. The highest BCUT2D eigenvalue weighted by Gasteiger charge is 2.71. The number of allylic oxidation sites excluding steroid dienone is 1. The molecule has 1 N–H and O–H groups in total. The number of ether oxygens (including phenoxy) is 3. The summed E-state index contributed by atoms with van der Waals surface area (Å²) in [7, 11) is 0. The Kier molecular flexibility index (Phi) is 7.39. The average Bonchev–Trinajstić information content (AvgIpc) is 3.12. The van der Waals surface area contributed by atoms with Crippen molar-refractivity contribution in [2.24, 2.45) is 39.9 Å². The van der Waals surface area contributed by atoms with E-state index >= 15 is 0 Å². The van der Waals surface area contributed by atoms with Crippen LogP contribution in [0.4, 0.5) is 0 Å². The Balaban J connectivity index is 1.89. The lowest BCUT2D eigenvalue weighted by molar-refractivity contribution is -0.227. The Labute approximate surface area is 225 Å². The summed E-state index contributed by atoms with van der Waals surface area (Å²) in [6.45, 7) is 13.0. The van der Waals surface area contributed by atoms with Crippen molar-refractivity contribution in [2.45, 2.75) is 105 Å². The van der Waals surface area contributed by atoms with E-state index in [-0.39, 0.29) is 48.1 Å². The molecule has 3 fully saturated rings. The molecule has 0 bridgehead atoms. The maximum Gasteiger partial charge on any atom is 0.310 e. The normalized spacial score (nSPS) is 42.3. The zero-order chi connectivity index (χ0) is 28.3. The third-order valence-corrected chi connectivity index (χ3v) is 11.0. The predicted octanol–water partition coefficient (Wildman–Crippen LogP) is 4.17. The Morgan fingerprint density at radius 3 is 2.32 bits per heavy atom. The van der Waals surface area contributed by atoms with Crippen molar-refractivity contribution >= 4 is 24.2 Å². The molecule has 4 aliphatic rings. The lowest BCUT2D eigenvalue weighted by Crippen LogP contribution is -2.67. The van der Waals surface area contributed by atoms with E-state index in [1.54, 1.807) is 0 Å². The smallest absolute Gasteiger partial charge is 0.310 e. The molecular formula is C30H44O8. The molecular weight excluding hydrogens is 488 g/mol. The Hall–Kier alpha value is -2.22. The number of hydrogen-bond donors (Lipinski definition) is 1. The van der Waals surface area contributed by atoms with Gasteiger partial charge in [0.05, 0.1) is 6.42 Å². The van der Waals surface area contributed by atoms with E-state index in [4.69, 9.17) is 14.2 Å². The monoisotopic (exact) mass is 532 g/mol. The summed E-state index contributed by atoms with van der Waals surface area (Å²) in [4.78, 5) is 49.2. The molecule has 3 aliphatic carbocycles. The fourth-order valence-corrected chi connectivity index (χ4v) is 9.54. The van der Waals surface area contributed by atoms with Crippen LogP contribution in [-0.2, 0) is 33.4 Å². The van der Waals surface area contributed by atoms with Gasteiger partial charge >= 0.3 is 17.9 Å². The van der Waals surface area contributed by atoms with Gasteiger partial charge in [-0.1, -0.05) is 32.4 Å². The van der Waals surface area contributed by atoms with E-state index in [1.165, 1.54) is 19.4 Å². The molecule has 4 rings (SSSR count). The van der Waals surface area contributed by atoms with Crippen LogP contribution in [0.25, 0.3) is 0 Å². The van der Waals surface area contributed by atoms with Crippen molar-refractivity contribution in [3.8, 4) is 0 Å². The molecule has 8 nitrogen and oxygen atoms in total. The van der Waals surface area contributed by atoms with Crippen molar-refractivity contribution in [1.29, 1.82) is 0 Å². The predicted molar refractivity (Wildman–Crippen MR) is 138 cm³/mol. The van der Waals surface area contributed by atoms with Crippen molar-refractivity contribution in [3.63, 3.8) is 0 Å². The second kappa shape index (κ2) is 9.76. The van der Waals surface area contributed by atoms with Gasteiger partial charge in [-0.05, 0) is 62.7 Å². The molecule has 0 amide bonds. The highest BCUT2D eigenvalue weighted by atomic mass is 16.6. The molecule has 0 aromatic rings. The largest absolute Gasteiger partial charge is 0.462 e. The first kappa shape index (κ1) is 28.8. The molecule has 2 saturated carbocycles. The highest BCUT2D eigenvalue weighted by molar-refractivity contribution is 5.73. The first-order valence-electron chi connectivity index (χ1n) is 14.0. The number of aldehydes is 1. The van der Waals surface area contributed by atoms with Crippen LogP contribution in [0.15, 0.2) is 11.6 Å². The van der Waals surface area contributed by atoms with Crippen LogP contribution in [0.5, 0.6) is 0 Å². The number of hydrogen-bond acceptors (Lipinski definition) is 8. The number of aliphatic hydroxyl groups is 1. The molecule has 0 aromatic carbocycles. The molecule has 0 aromatic heterocycles. The van der Waals surface area contributed by atoms with Crippen molar-refractivity contribution in [2.75, 3.05) is 6.61 Å². The van der Waals surface area contributed by atoms with E-state index in [2.05, 4.69) is 26.8 Å². The maximum atomic E-state index is 13.0. The number of fused-ring (bicyclic) bond motifs is 5. The second-order valence-electron chi connectivity index (χ2n) is 13.2. The van der Waals surface area contributed by atoms with Gasteiger partial charge in [0.25, 0.3) is 0 Å². The standard InChI is InChI=1S/C30H44O8/c1-17(33)36-24-14-23-27(3,4)38-26(35)15-25(37-18(2)34)30(23,7)22-10-12-28(5)20(19(16-32)11-13-31)8-9-21(28)29(22,24)6/h9,13,19-20,22-25,32H,8,10-12,14-16H2,1-7H3/t19?,20-,22-,23-,24+,25-,28-,29-,30+/m0/s1. The Morgan fingerprint density at radius 1 is 1.11 bits per heavy atom. The van der Waals surface area contributed by atoms with Crippen LogP contribution >= 0.6 is 0 Å². The lowest BCUT2D eigenvalue weighted by Gasteiger charge is -2.66. The fourth-order valence-electron chi connectivity index (χ4n) is 9.54. The molecule has 0 radical (unpaired) electrons. The topological polar surface area (TPSA) is 116 Å². The van der Waals surface area contributed by atoms with E-state index < -0.39 is 40.6 Å². The quantitative estimate of drug-likeness (QED) is 0.235. The molecule has 9 atom stereocenters. The van der Waals surface area contributed by atoms with E-state index in [0.717, 1.165) is 25.5 Å². The number of rotatable bonds is 6. The minimum Gasteiger partial charge on any atom is -0.462 e. The van der Waals surface area contributed by atoms with Gasteiger partial charge in [-0.15, -0.1) is 0 Å². The van der Waals surface area contributed by atoms with Gasteiger partial charge in [0.15, 0.2) is 0 Å². The second-order valence-corrected chi connectivity index (χ2v) is 13.2. The van der Waals surface area contributed by atoms with Crippen LogP contribution in [0.1, 0.15) is 87.0 Å². The number of carbonyl (C=O) groups excluding carboxylic acids is 4. The van der Waals surface area contributed by atoms with Crippen LogP contribution in [0.3, 0.4) is 0 Å². The zero-order valence-corrected chi connectivity index (χ0v) is 23.9. The third kappa shape index (κ3) is 4.22. The Bertz CT molecular complexity index is 1030. The number of esters is 3. The molecule has 38 heavy (non-hydrogen) atoms. The van der Waals surface area contributed by atoms with Gasteiger partial charge in [0.1, 0.15) is 24.1 Å². The summed E-state index contributed by atoms with van der Waals surface area (Å²) in [6.07, 6.45) is 5.02. The van der Waals surface area contributed by atoms with E-state index in [1.807, 2.05) is 13.8 Å². The summed E-state index contributed by atoms with van der Waals surface area (Å²) < 4.78 is 18.0. The minimum atomic E-state index is -0.861. The van der Waals surface area contributed by atoms with Gasteiger partial charge < -0.3 is 24.1 Å². The number of aliphatic hydroxyl groups excluding tert-OH is 1. The van der Waals surface area contributed by atoms with Crippen LogP contribution < -0.4 is 0 Å². The van der Waals surface area contributed by atoms with Crippen molar-refractivity contribution in [3.05, 3.63) is 11.6 Å². The van der Waals surface area contributed by atoms with E-state index in [0.29, 0.717) is 12.8 Å². The van der Waals surface area contributed by atoms with Gasteiger partial charge in [0.2, 0.25) is 0 Å². The summed E-state index contributed by atoms with van der Waals surface area (Å²) in [5, 5.41) is 10.2. The fraction of sp³-hybridized carbons (Fsp3) is 0.800. The van der Waals surface area contributed by atoms with E-state index in [9.17, 15) is 24.3 Å². The zero-order valence-electron chi connectivity index (χ0n) is 23.9. The highest BCUT2D eigenvalue weighted by Crippen LogP contribution is 2.72. The molecule has 212 valence electrons. The first-order chi connectivity index (χ1) is 17.7. The molecule has 8 heteroatoms. The molecule has 1 unspecified atom stereocenters. The summed E-state index contributed by atoms with van der Waals surface area (Å²) in [5.74, 6) is -1.57. The van der Waals surface area contributed by atoms with Gasteiger partial charge in [-0.25, -0.2) is 0 Å². The molecule has 1 saturated heterocycles. The number of carbonyl (C=O) groups is 4. The van der Waals surface area contributed by atoms with Gasteiger partial charge in [0, 0.05) is 43.6 Å². The molecule has 1 aliphatic heterocycles. The van der Waals surface area contributed by atoms with Crippen LogP contribution in [0.2, 0.25) is 0 Å². The summed E-state index contributed by atoms with van der Waals surface area (Å²) in [5.41, 5.74) is -1.18. The lowest BCUT2D eigenvalue weighted by atomic mass is 9.39. The van der Waals surface area contributed by atoms with Crippen molar-refractivity contribution < 1.29 is 38.5 Å². The Morgan fingerprint density at radius 2 is 1.74 bits per heavy atom. The summed E-state index contributed by atoms with van der Waals surface area (Å²) in [6, 6.07) is 0. The van der Waals surface area contributed by atoms with Crippen LogP contribution in [0, 0.1) is 39.9 Å². The minimum absolute atomic E-state index is 0.0221. The third-order valence-electron chi connectivity index (χ3n) is 11.0. The molecule has 1 heterocycles. The van der Waals surface area contributed by atoms with Gasteiger partial charge in [-0.3, -0.25) is 14.4 Å². The van der Waals surface area contributed by atoms with Crippen LogP contribution in [-0.4, -0.2) is 53.7 Å². The average molecular weight is 533 g/mol. The first-order valence-corrected chi connectivity index (χ1v) is 14.0.